The molecule has 2 aromatic carbocycles. The van der Waals surface area contributed by atoms with Gasteiger partial charge in [-0.3, -0.25) is 24.2 Å². The molecule has 0 saturated carbocycles. The van der Waals surface area contributed by atoms with E-state index >= 15 is 0 Å². The summed E-state index contributed by atoms with van der Waals surface area (Å²) >= 11 is 0. The van der Waals surface area contributed by atoms with Crippen LogP contribution in [-0.4, -0.2) is 145 Å². The maximum absolute atomic E-state index is 14.6. The number of rotatable bonds is 26. The van der Waals surface area contributed by atoms with Gasteiger partial charge in [0.1, 0.15) is 24.2 Å². The minimum absolute atomic E-state index is 0.0723. The van der Waals surface area contributed by atoms with Crippen molar-refractivity contribution >= 4 is 48.1 Å². The van der Waals surface area contributed by atoms with Crippen molar-refractivity contribution in [1.29, 1.82) is 0 Å². The summed E-state index contributed by atoms with van der Waals surface area (Å²) in [6, 6.07) is 13.5. The molecule has 16 nitrogen and oxygen atoms in total. The summed E-state index contributed by atoms with van der Waals surface area (Å²) in [5, 5.41) is 0. The first kappa shape index (κ1) is 61.4. The molecule has 0 aliphatic rings. The zero-order valence-electron chi connectivity index (χ0n) is 44.1. The standard InChI is InChI=1S/C51H76N4O12.C2H6/c1-32(2)25-40(52(10)11)47(59)67-51(63)55(14)43(28-35(7)8)50(62)66-44(30-38-23-19-16-20-24-38)46(58)54(13)41(26-33(3)4)48(60)64-36(9)45(57)53(12)42(27-34(5)6)49(61)65-39(31-56)29-37-21-17-15-18-22-37;1-2/h15-24,31-36,39-44H,25-30H2,1-14H3;1-2H3. The van der Waals surface area contributed by atoms with Crippen LogP contribution in [0, 0.1) is 23.7 Å². The Hall–Kier alpha value is -5.64. The second-order valence-corrected chi connectivity index (χ2v) is 19.2. The third-order valence-corrected chi connectivity index (χ3v) is 11.2. The molecule has 0 fully saturated rings. The molecule has 16 heteroatoms. The van der Waals surface area contributed by atoms with E-state index in [2.05, 4.69) is 0 Å². The third kappa shape index (κ3) is 20.9. The van der Waals surface area contributed by atoms with Gasteiger partial charge in [0.2, 0.25) is 0 Å². The molecule has 0 aliphatic heterocycles. The average molecular weight is 967 g/mol. The van der Waals surface area contributed by atoms with Crippen LogP contribution in [0.3, 0.4) is 0 Å². The van der Waals surface area contributed by atoms with Crippen molar-refractivity contribution in [3.8, 4) is 0 Å². The Morgan fingerprint density at radius 2 is 0.855 bits per heavy atom. The highest BCUT2D eigenvalue weighted by Crippen LogP contribution is 2.22. The van der Waals surface area contributed by atoms with E-state index in [9.17, 15) is 38.4 Å². The number of nitrogens with zero attached hydrogens (tertiary/aromatic N) is 4. The number of amides is 3. The van der Waals surface area contributed by atoms with Gasteiger partial charge in [-0.2, -0.15) is 0 Å². The zero-order chi connectivity index (χ0) is 52.7. The lowest BCUT2D eigenvalue weighted by Gasteiger charge is -2.34. The smallest absolute Gasteiger partial charge is 0.418 e. The van der Waals surface area contributed by atoms with Crippen LogP contribution < -0.4 is 0 Å². The van der Waals surface area contributed by atoms with Crippen molar-refractivity contribution in [3.63, 3.8) is 0 Å². The van der Waals surface area contributed by atoms with Crippen LogP contribution in [0.5, 0.6) is 0 Å². The highest BCUT2D eigenvalue weighted by Gasteiger charge is 2.40. The van der Waals surface area contributed by atoms with Gasteiger partial charge in [0.25, 0.3) is 11.8 Å². The van der Waals surface area contributed by atoms with Crippen LogP contribution in [0.4, 0.5) is 4.79 Å². The Balaban J connectivity index is 0.0000117. The number of carbonyl (C=O) groups is 8. The highest BCUT2D eigenvalue weighted by atomic mass is 16.6. The Morgan fingerprint density at radius 3 is 1.28 bits per heavy atom. The molecule has 0 N–H and O–H groups in total. The predicted molar refractivity (Wildman–Crippen MR) is 264 cm³/mol. The molecule has 2 rings (SSSR count). The van der Waals surface area contributed by atoms with E-state index in [1.54, 1.807) is 73.6 Å². The SMILES string of the molecule is CC.CC(C)CC(C(=O)OC(=O)N(C)C(CC(C)C)C(=O)OC(Cc1ccccc1)C(=O)N(C)C(CC(C)C)C(=O)OC(C)C(=O)N(C)C(CC(C)C)C(=O)OC(C=O)Cc1ccccc1)N(C)C. The first-order valence-electron chi connectivity index (χ1n) is 24.2. The number of hydrogen-bond acceptors (Lipinski definition) is 13. The van der Waals surface area contributed by atoms with Gasteiger partial charge in [-0.1, -0.05) is 130 Å². The second kappa shape index (κ2) is 30.8. The maximum atomic E-state index is 14.6. The van der Waals surface area contributed by atoms with E-state index in [1.165, 1.54) is 28.1 Å². The number of benzene rings is 2. The van der Waals surface area contributed by atoms with Crippen molar-refractivity contribution < 1.29 is 57.3 Å². The summed E-state index contributed by atoms with van der Waals surface area (Å²) in [6.45, 7) is 20.3. The molecule has 0 radical (unpaired) electrons. The minimum atomic E-state index is -1.49. The molecule has 0 aliphatic carbocycles. The fourth-order valence-corrected chi connectivity index (χ4v) is 7.44. The molecule has 7 unspecified atom stereocenters. The molecule has 0 heterocycles. The second-order valence-electron chi connectivity index (χ2n) is 19.2. The maximum Gasteiger partial charge on any atom is 0.418 e. The number of esters is 4. The highest BCUT2D eigenvalue weighted by molar-refractivity contribution is 5.93. The molecular weight excluding hydrogens is 885 g/mol. The zero-order valence-corrected chi connectivity index (χ0v) is 44.1. The quantitative estimate of drug-likeness (QED) is 0.0400. The monoisotopic (exact) mass is 967 g/mol. The van der Waals surface area contributed by atoms with Crippen molar-refractivity contribution in [3.05, 3.63) is 71.8 Å². The summed E-state index contributed by atoms with van der Waals surface area (Å²) in [4.78, 5) is 114. The number of likely N-dealkylation sites (N-methyl/N-ethyl adjacent to an activating group) is 4. The van der Waals surface area contributed by atoms with Crippen LogP contribution in [-0.2, 0) is 65.4 Å². The number of hydrogen-bond donors (Lipinski definition) is 0. The lowest BCUT2D eigenvalue weighted by molar-refractivity contribution is -0.172. The Labute approximate surface area is 411 Å². The van der Waals surface area contributed by atoms with E-state index in [0.717, 1.165) is 20.3 Å². The molecule has 0 saturated heterocycles. The number of carbonyl (C=O) groups excluding carboxylic acids is 8. The van der Waals surface area contributed by atoms with Gasteiger partial charge in [-0.15, -0.1) is 0 Å². The van der Waals surface area contributed by atoms with Gasteiger partial charge >= 0.3 is 30.0 Å². The summed E-state index contributed by atoms with van der Waals surface area (Å²) in [5.41, 5.74) is 1.42. The van der Waals surface area contributed by atoms with Gasteiger partial charge in [0.05, 0.1) is 0 Å². The summed E-state index contributed by atoms with van der Waals surface area (Å²) < 4.78 is 22.6. The molecule has 2 aromatic rings. The first-order valence-corrected chi connectivity index (χ1v) is 24.2. The van der Waals surface area contributed by atoms with Gasteiger partial charge in [-0.05, 0) is 81.5 Å². The van der Waals surface area contributed by atoms with Crippen LogP contribution in [0.2, 0.25) is 0 Å². The van der Waals surface area contributed by atoms with Gasteiger partial charge in [-0.25, -0.2) is 24.0 Å². The summed E-state index contributed by atoms with van der Waals surface area (Å²) in [5.74, 6) is -5.09. The Bertz CT molecular complexity index is 1920. The van der Waals surface area contributed by atoms with Crippen molar-refractivity contribution in [2.75, 3.05) is 35.2 Å². The van der Waals surface area contributed by atoms with Gasteiger partial charge in [0, 0.05) is 34.0 Å². The fraction of sp³-hybridized carbons (Fsp3) is 0.623. The van der Waals surface area contributed by atoms with Crippen LogP contribution in [0.1, 0.15) is 113 Å². The van der Waals surface area contributed by atoms with Crippen LogP contribution in [0.25, 0.3) is 0 Å². The minimum Gasteiger partial charge on any atom is -0.453 e. The van der Waals surface area contributed by atoms with Crippen molar-refractivity contribution in [2.45, 2.75) is 157 Å². The summed E-state index contributed by atoms with van der Waals surface area (Å²) in [7, 11) is 7.52. The van der Waals surface area contributed by atoms with Crippen LogP contribution in [0.15, 0.2) is 60.7 Å². The first-order chi connectivity index (χ1) is 32.4. The Kier molecular flexibility index (Phi) is 27.4. The van der Waals surface area contributed by atoms with E-state index in [0.29, 0.717) is 18.3 Å². The number of ether oxygens (including phenoxy) is 4. The molecule has 0 spiro atoms. The third-order valence-electron chi connectivity index (χ3n) is 11.2. The van der Waals surface area contributed by atoms with Crippen molar-refractivity contribution in [2.24, 2.45) is 23.7 Å². The largest absolute Gasteiger partial charge is 0.453 e. The average Bonchev–Trinajstić information content (AvgIpc) is 3.29. The molecule has 69 heavy (non-hydrogen) atoms. The molecular formula is C53H82N4O12. The fourth-order valence-electron chi connectivity index (χ4n) is 7.44. The molecule has 0 bridgehead atoms. The van der Waals surface area contributed by atoms with Crippen LogP contribution >= 0.6 is 0 Å². The molecule has 0 aromatic heterocycles. The van der Waals surface area contributed by atoms with Gasteiger partial charge < -0.3 is 28.7 Å². The normalized spacial score (nSPS) is 14.3. The predicted octanol–water partition coefficient (Wildman–Crippen LogP) is 7.18. The van der Waals surface area contributed by atoms with Crippen molar-refractivity contribution in [1.82, 2.24) is 19.6 Å². The van der Waals surface area contributed by atoms with Gasteiger partial charge in [0.15, 0.2) is 24.6 Å². The lowest BCUT2D eigenvalue weighted by atomic mass is 10.0. The van der Waals surface area contributed by atoms with E-state index in [4.69, 9.17) is 18.9 Å². The Morgan fingerprint density at radius 1 is 0.478 bits per heavy atom. The lowest BCUT2D eigenvalue weighted by Crippen LogP contribution is -2.53. The topological polar surface area (TPSA) is 186 Å². The molecule has 386 valence electrons. The number of aldehydes is 1. The van der Waals surface area contributed by atoms with E-state index in [1.807, 2.05) is 75.3 Å². The molecule has 7 atom stereocenters. The van der Waals surface area contributed by atoms with E-state index < -0.39 is 84.3 Å². The summed E-state index contributed by atoms with van der Waals surface area (Å²) in [6.07, 6.45) is -3.63. The molecule has 3 amide bonds. The van der Waals surface area contributed by atoms with E-state index in [-0.39, 0.29) is 55.8 Å².